The van der Waals surface area contributed by atoms with Gasteiger partial charge in [0.15, 0.2) is 17.7 Å². The number of anilines is 3. The van der Waals surface area contributed by atoms with Gasteiger partial charge >= 0.3 is 6.61 Å². The predicted octanol–water partition coefficient (Wildman–Crippen LogP) is 2.89. The Bertz CT molecular complexity index is 1090. The Morgan fingerprint density at radius 2 is 2.00 bits per heavy atom. The number of nitrogens with one attached hydrogen (secondary N) is 2. The summed E-state index contributed by atoms with van der Waals surface area (Å²) in [5.41, 5.74) is 0.362. The number of benzene rings is 1. The van der Waals surface area contributed by atoms with Gasteiger partial charge in [-0.05, 0) is 48.4 Å². The summed E-state index contributed by atoms with van der Waals surface area (Å²) in [4.78, 5) is 14.8. The molecule has 0 aliphatic carbocycles. The smallest absolute Gasteiger partial charge is 0.387 e. The summed E-state index contributed by atoms with van der Waals surface area (Å²) in [6.07, 6.45) is 1.48. The molecule has 3 heterocycles. The van der Waals surface area contributed by atoms with Crippen molar-refractivity contribution in [3.8, 4) is 5.75 Å². The van der Waals surface area contributed by atoms with Gasteiger partial charge in [-0.3, -0.25) is 4.79 Å². The third-order valence-electron chi connectivity index (χ3n) is 5.20. The third-order valence-corrected chi connectivity index (χ3v) is 5.20. The Hall–Kier alpha value is -3.93. The lowest BCUT2D eigenvalue weighted by atomic mass is 10.1. The van der Waals surface area contributed by atoms with Gasteiger partial charge < -0.3 is 25.0 Å². The van der Waals surface area contributed by atoms with Crippen molar-refractivity contribution in [2.24, 2.45) is 0 Å². The molecule has 0 spiro atoms. The molecule has 2 N–H and O–H groups in total. The van der Waals surface area contributed by atoms with E-state index in [1.165, 1.54) is 25.3 Å². The van der Waals surface area contributed by atoms with Crippen LogP contribution < -0.4 is 20.3 Å². The molecule has 2 atom stereocenters. The summed E-state index contributed by atoms with van der Waals surface area (Å²) in [6, 6.07) is 13.1. The number of amides is 1. The van der Waals surface area contributed by atoms with Crippen molar-refractivity contribution in [1.29, 1.82) is 0 Å². The number of aromatic nitrogens is 4. The van der Waals surface area contributed by atoms with Crippen LogP contribution in [0.1, 0.15) is 18.1 Å². The number of rotatable bonds is 9. The van der Waals surface area contributed by atoms with E-state index in [1.54, 1.807) is 24.4 Å². The standard InChI is InChI=1S/C22H23F2N7O3/c1-33-20(14-4-2-5-16(12-14)34-22(23)24)21(32)27-18-7-8-19(30-29-18)31-11-9-15(13-31)26-17-6-3-10-25-28-17/h2-8,10,12,15,20,22H,9,11,13H2,1H3,(H,26,28)(H,27,29,32)/t15-,20?/m1/s1. The van der Waals surface area contributed by atoms with E-state index >= 15 is 0 Å². The minimum atomic E-state index is -2.97. The molecular formula is C22H23F2N7O3. The molecule has 0 bridgehead atoms. The van der Waals surface area contributed by atoms with Gasteiger partial charge in [-0.25, -0.2) is 0 Å². The van der Waals surface area contributed by atoms with Crippen molar-refractivity contribution in [2.45, 2.75) is 25.2 Å². The summed E-state index contributed by atoms with van der Waals surface area (Å²) in [7, 11) is 1.35. The van der Waals surface area contributed by atoms with E-state index in [0.717, 1.165) is 25.3 Å². The van der Waals surface area contributed by atoms with Gasteiger partial charge in [0.05, 0.1) is 0 Å². The molecule has 1 amide bonds. The quantitative estimate of drug-likeness (QED) is 0.486. The number of methoxy groups -OCH3 is 1. The second kappa shape index (κ2) is 10.8. The Labute approximate surface area is 194 Å². The highest BCUT2D eigenvalue weighted by molar-refractivity contribution is 5.94. The topological polar surface area (TPSA) is 114 Å². The van der Waals surface area contributed by atoms with Crippen molar-refractivity contribution >= 4 is 23.4 Å². The number of halogens is 2. The number of carbonyl (C=O) groups excluding carboxylic acids is 1. The Balaban J connectivity index is 1.35. The zero-order valence-electron chi connectivity index (χ0n) is 18.3. The lowest BCUT2D eigenvalue weighted by Crippen LogP contribution is -2.27. The molecule has 34 heavy (non-hydrogen) atoms. The molecule has 178 valence electrons. The second-order valence-electron chi connectivity index (χ2n) is 7.52. The highest BCUT2D eigenvalue weighted by Crippen LogP contribution is 2.25. The maximum absolute atomic E-state index is 12.7. The minimum Gasteiger partial charge on any atom is -0.435 e. The van der Waals surface area contributed by atoms with Crippen LogP contribution in [0.4, 0.5) is 26.2 Å². The molecule has 10 nitrogen and oxygen atoms in total. The van der Waals surface area contributed by atoms with Crippen molar-refractivity contribution in [2.75, 3.05) is 35.7 Å². The van der Waals surface area contributed by atoms with E-state index in [1.807, 2.05) is 12.1 Å². The van der Waals surface area contributed by atoms with Gasteiger partial charge in [-0.15, -0.1) is 15.3 Å². The highest BCUT2D eigenvalue weighted by Gasteiger charge is 2.25. The van der Waals surface area contributed by atoms with Crippen molar-refractivity contribution < 1.29 is 23.0 Å². The molecule has 12 heteroatoms. The second-order valence-corrected chi connectivity index (χ2v) is 7.52. The molecular weight excluding hydrogens is 448 g/mol. The van der Waals surface area contributed by atoms with Crippen LogP contribution in [-0.4, -0.2) is 59.2 Å². The average Bonchev–Trinajstić information content (AvgIpc) is 3.29. The summed E-state index contributed by atoms with van der Waals surface area (Å²) in [6.45, 7) is -1.45. The maximum Gasteiger partial charge on any atom is 0.387 e. The number of ether oxygens (including phenoxy) is 2. The van der Waals surface area contributed by atoms with Crippen molar-refractivity contribution in [3.05, 3.63) is 60.3 Å². The zero-order valence-corrected chi connectivity index (χ0v) is 18.3. The molecule has 3 aromatic rings. The molecule has 1 fully saturated rings. The first-order valence-corrected chi connectivity index (χ1v) is 10.5. The Kier molecular flexibility index (Phi) is 7.38. The van der Waals surface area contributed by atoms with E-state index in [9.17, 15) is 13.6 Å². The summed E-state index contributed by atoms with van der Waals surface area (Å²) < 4.78 is 34.6. The largest absolute Gasteiger partial charge is 0.435 e. The molecule has 1 aliphatic rings. The van der Waals surface area contributed by atoms with Gasteiger partial charge in [0.25, 0.3) is 5.91 Å². The van der Waals surface area contributed by atoms with Crippen LogP contribution in [0.3, 0.4) is 0 Å². The fraction of sp³-hybridized carbons (Fsp3) is 0.318. The molecule has 1 aliphatic heterocycles. The molecule has 0 saturated carbocycles. The van der Waals surface area contributed by atoms with Crippen LogP contribution in [-0.2, 0) is 9.53 Å². The first-order valence-electron chi connectivity index (χ1n) is 10.5. The molecule has 1 aromatic carbocycles. The zero-order chi connectivity index (χ0) is 23.9. The van der Waals surface area contributed by atoms with Crippen LogP contribution in [0.25, 0.3) is 0 Å². The lowest BCUT2D eigenvalue weighted by Gasteiger charge is -2.18. The van der Waals surface area contributed by atoms with Gasteiger partial charge in [0.1, 0.15) is 11.6 Å². The first kappa shape index (κ1) is 23.2. The fourth-order valence-electron chi connectivity index (χ4n) is 3.67. The van der Waals surface area contributed by atoms with Crippen molar-refractivity contribution in [3.63, 3.8) is 0 Å². The van der Waals surface area contributed by atoms with Crippen molar-refractivity contribution in [1.82, 2.24) is 20.4 Å². The van der Waals surface area contributed by atoms with Crippen LogP contribution >= 0.6 is 0 Å². The van der Waals surface area contributed by atoms with E-state index < -0.39 is 18.6 Å². The molecule has 0 radical (unpaired) electrons. The maximum atomic E-state index is 12.7. The van der Waals surface area contributed by atoms with Gasteiger partial charge in [-0.2, -0.15) is 13.9 Å². The van der Waals surface area contributed by atoms with Crippen LogP contribution in [0, 0.1) is 0 Å². The van der Waals surface area contributed by atoms with E-state index in [4.69, 9.17) is 4.74 Å². The number of nitrogens with zero attached hydrogens (tertiary/aromatic N) is 5. The number of carbonyl (C=O) groups is 1. The lowest BCUT2D eigenvalue weighted by molar-refractivity contribution is -0.126. The SMILES string of the molecule is COC(C(=O)Nc1ccc(N2CC[C@@H](Nc3cccnn3)C2)nn1)c1cccc(OC(F)F)c1. The van der Waals surface area contributed by atoms with Crippen LogP contribution in [0.15, 0.2) is 54.7 Å². The van der Waals surface area contributed by atoms with E-state index in [2.05, 4.69) is 40.7 Å². The normalized spacial score (nSPS) is 16.4. The first-order chi connectivity index (χ1) is 16.5. The third kappa shape index (κ3) is 5.90. The fourth-order valence-corrected chi connectivity index (χ4v) is 3.67. The average molecular weight is 471 g/mol. The summed E-state index contributed by atoms with van der Waals surface area (Å²) in [5, 5.41) is 22.2. The Morgan fingerprint density at radius 1 is 1.12 bits per heavy atom. The molecule has 1 unspecified atom stereocenters. The van der Waals surface area contributed by atoms with Crippen LogP contribution in [0.2, 0.25) is 0 Å². The van der Waals surface area contributed by atoms with Gasteiger partial charge in [0.2, 0.25) is 0 Å². The minimum absolute atomic E-state index is 0.0655. The number of hydrogen-bond donors (Lipinski definition) is 2. The molecule has 4 rings (SSSR count). The van der Waals surface area contributed by atoms with Gasteiger partial charge in [0, 0.05) is 32.4 Å². The van der Waals surface area contributed by atoms with E-state index in [-0.39, 0.29) is 17.6 Å². The van der Waals surface area contributed by atoms with Crippen LogP contribution in [0.5, 0.6) is 5.75 Å². The molecule has 2 aromatic heterocycles. The molecule has 1 saturated heterocycles. The summed E-state index contributed by atoms with van der Waals surface area (Å²) >= 11 is 0. The Morgan fingerprint density at radius 3 is 2.71 bits per heavy atom. The predicted molar refractivity (Wildman–Crippen MR) is 120 cm³/mol. The number of alkyl halides is 2. The van der Waals surface area contributed by atoms with Gasteiger partial charge in [-0.1, -0.05) is 12.1 Å². The van der Waals surface area contributed by atoms with E-state index in [0.29, 0.717) is 11.4 Å². The highest BCUT2D eigenvalue weighted by atomic mass is 19.3. The monoisotopic (exact) mass is 471 g/mol. The number of hydrogen-bond acceptors (Lipinski definition) is 9. The summed E-state index contributed by atoms with van der Waals surface area (Å²) in [5.74, 6) is 1.06.